The number of fused-ring (bicyclic) bond motifs is 6. The minimum absolute atomic E-state index is 0.263. The molecule has 0 bridgehead atoms. The Morgan fingerprint density at radius 2 is 1.65 bits per heavy atom. The maximum atomic E-state index is 15.1. The van der Waals surface area contributed by atoms with E-state index >= 15 is 4.79 Å². The number of nitrogens with zero attached hydrogens (tertiary/aromatic N) is 1. The third-order valence-corrected chi connectivity index (χ3v) is 9.28. The molecule has 1 N–H and O–H groups in total. The second kappa shape index (κ2) is 11.4. The third-order valence-electron chi connectivity index (χ3n) is 9.28. The van der Waals surface area contributed by atoms with Gasteiger partial charge in [-0.2, -0.15) is 0 Å². The van der Waals surface area contributed by atoms with Crippen LogP contribution in [0.3, 0.4) is 0 Å². The fourth-order valence-corrected chi connectivity index (χ4v) is 7.40. The van der Waals surface area contributed by atoms with E-state index < -0.39 is 23.4 Å². The van der Waals surface area contributed by atoms with E-state index in [0.717, 1.165) is 11.1 Å². The van der Waals surface area contributed by atoms with Crippen molar-refractivity contribution in [3.8, 4) is 17.2 Å². The van der Waals surface area contributed by atoms with Crippen LogP contribution < -0.4 is 19.5 Å². The predicted molar refractivity (Wildman–Crippen MR) is 174 cm³/mol. The number of nitrogens with one attached hydrogen (secondary N) is 1. The van der Waals surface area contributed by atoms with E-state index in [0.29, 0.717) is 39.6 Å². The largest absolute Gasteiger partial charge is 0.493 e. The maximum absolute atomic E-state index is 15.1. The number of para-hydroxylation sites is 1. The highest BCUT2D eigenvalue weighted by molar-refractivity contribution is 6.16. The van der Waals surface area contributed by atoms with Gasteiger partial charge in [-0.25, -0.2) is 0 Å². The highest BCUT2D eigenvalue weighted by Gasteiger charge is 2.70. The Balaban J connectivity index is 1.49. The van der Waals surface area contributed by atoms with Crippen LogP contribution in [0.2, 0.25) is 0 Å². The molecule has 3 aliphatic heterocycles. The lowest BCUT2D eigenvalue weighted by Gasteiger charge is -2.38. The smallest absolute Gasteiger partial charge is 0.238 e. The molecular formula is C38H32N2O6. The zero-order chi connectivity index (χ0) is 32.0. The fraction of sp³-hybridized carbons (Fsp3) is 0.184. The molecule has 3 aliphatic rings. The number of ketones is 2. The van der Waals surface area contributed by atoms with Gasteiger partial charge in [0.2, 0.25) is 5.91 Å². The summed E-state index contributed by atoms with van der Waals surface area (Å²) in [5.74, 6) is -0.756. The Morgan fingerprint density at radius 3 is 2.46 bits per heavy atom. The van der Waals surface area contributed by atoms with Gasteiger partial charge in [0, 0.05) is 23.0 Å². The summed E-state index contributed by atoms with van der Waals surface area (Å²) in [6, 6.07) is 25.4. The van der Waals surface area contributed by atoms with Crippen molar-refractivity contribution in [3.05, 3.63) is 138 Å². The first kappa shape index (κ1) is 29.1. The molecule has 0 aliphatic carbocycles. The molecule has 0 aromatic heterocycles. The molecule has 0 radical (unpaired) electrons. The standard InChI is InChI=1S/C38H32N2O6/c1-4-20-46-26-12-9-11-24(21-26)34(41)32-33(35(42)25-16-17-30(44-2)31(22-25)45-3)40-19-18-23-10-5-6-13-27(23)36(40)38(32)28-14-7-8-15-29(28)39-37(38)43/h4-19,21-22,32-33,36H,1,20H2,2-3H3,(H,39,43)/t32-,33+,36+,38-/m0/s1. The number of hydrogen-bond acceptors (Lipinski definition) is 7. The minimum atomic E-state index is -1.44. The van der Waals surface area contributed by atoms with Crippen LogP contribution in [0.5, 0.6) is 17.2 Å². The first-order valence-corrected chi connectivity index (χ1v) is 15.0. The average molecular weight is 613 g/mol. The molecule has 4 aromatic rings. The lowest BCUT2D eigenvalue weighted by Crippen LogP contribution is -2.49. The second-order valence-corrected chi connectivity index (χ2v) is 11.5. The topological polar surface area (TPSA) is 94.2 Å². The number of rotatable bonds is 9. The van der Waals surface area contributed by atoms with Gasteiger partial charge in [-0.05, 0) is 59.2 Å². The molecule has 7 rings (SSSR count). The van der Waals surface area contributed by atoms with Crippen LogP contribution in [0.15, 0.2) is 110 Å². The van der Waals surface area contributed by atoms with Gasteiger partial charge in [-0.3, -0.25) is 14.4 Å². The maximum Gasteiger partial charge on any atom is 0.238 e. The van der Waals surface area contributed by atoms with Crippen LogP contribution in [0.4, 0.5) is 5.69 Å². The molecule has 1 spiro atoms. The normalized spacial score (nSPS) is 22.0. The molecular weight excluding hydrogens is 580 g/mol. The Bertz CT molecular complexity index is 1930. The van der Waals surface area contributed by atoms with Crippen molar-refractivity contribution in [3.63, 3.8) is 0 Å². The predicted octanol–water partition coefficient (Wildman–Crippen LogP) is 6.25. The number of carbonyl (C=O) groups is 3. The molecule has 8 heteroatoms. The summed E-state index contributed by atoms with van der Waals surface area (Å²) in [5, 5.41) is 3.08. The van der Waals surface area contributed by atoms with Crippen LogP contribution in [0, 0.1) is 5.92 Å². The highest BCUT2D eigenvalue weighted by atomic mass is 16.5. The highest BCUT2D eigenvalue weighted by Crippen LogP contribution is 2.62. The Hall–Kier alpha value is -5.63. The van der Waals surface area contributed by atoms with E-state index in [9.17, 15) is 9.59 Å². The molecule has 0 unspecified atom stereocenters. The quantitative estimate of drug-likeness (QED) is 0.176. The van der Waals surface area contributed by atoms with E-state index in [4.69, 9.17) is 14.2 Å². The number of benzene rings is 4. The van der Waals surface area contributed by atoms with Crippen LogP contribution in [0.1, 0.15) is 43.4 Å². The Morgan fingerprint density at radius 1 is 0.891 bits per heavy atom. The van der Waals surface area contributed by atoms with Gasteiger partial charge in [-0.15, -0.1) is 0 Å². The van der Waals surface area contributed by atoms with E-state index in [2.05, 4.69) is 11.9 Å². The van der Waals surface area contributed by atoms with Crippen molar-refractivity contribution in [2.24, 2.45) is 5.92 Å². The Labute approximate surface area is 266 Å². The number of hydrogen-bond donors (Lipinski definition) is 1. The van der Waals surface area contributed by atoms with Gasteiger partial charge in [0.1, 0.15) is 23.8 Å². The number of carbonyl (C=O) groups excluding carboxylic acids is 3. The van der Waals surface area contributed by atoms with E-state index in [1.54, 1.807) is 48.5 Å². The Kier molecular flexibility index (Phi) is 7.20. The summed E-state index contributed by atoms with van der Waals surface area (Å²) in [6.07, 6.45) is 5.41. The molecule has 1 fully saturated rings. The molecule has 46 heavy (non-hydrogen) atoms. The first-order valence-electron chi connectivity index (χ1n) is 15.0. The van der Waals surface area contributed by atoms with Crippen molar-refractivity contribution >= 4 is 29.2 Å². The van der Waals surface area contributed by atoms with Gasteiger partial charge < -0.3 is 24.4 Å². The number of ether oxygens (including phenoxy) is 3. The van der Waals surface area contributed by atoms with Gasteiger partial charge in [-0.1, -0.05) is 67.3 Å². The summed E-state index contributed by atoms with van der Waals surface area (Å²) < 4.78 is 16.7. The molecule has 1 saturated heterocycles. The van der Waals surface area contributed by atoms with Gasteiger partial charge in [0.15, 0.2) is 23.1 Å². The molecule has 230 valence electrons. The molecule has 0 saturated carbocycles. The number of methoxy groups -OCH3 is 2. The summed E-state index contributed by atoms with van der Waals surface area (Å²) in [4.78, 5) is 46.6. The molecule has 3 heterocycles. The van der Waals surface area contributed by atoms with E-state index in [1.165, 1.54) is 14.2 Å². The molecule has 1 amide bonds. The van der Waals surface area contributed by atoms with Crippen molar-refractivity contribution < 1.29 is 28.6 Å². The second-order valence-electron chi connectivity index (χ2n) is 11.5. The number of anilines is 1. The average Bonchev–Trinajstić information content (AvgIpc) is 3.58. The summed E-state index contributed by atoms with van der Waals surface area (Å²) in [6.45, 7) is 3.98. The third kappa shape index (κ3) is 4.24. The van der Waals surface area contributed by atoms with Crippen molar-refractivity contribution in [1.29, 1.82) is 0 Å². The monoisotopic (exact) mass is 612 g/mol. The molecule has 4 atom stereocenters. The van der Waals surface area contributed by atoms with E-state index in [1.807, 2.05) is 65.7 Å². The van der Waals surface area contributed by atoms with Crippen molar-refractivity contribution in [2.75, 3.05) is 26.1 Å². The number of Topliss-reactive ketones (excluding diaryl/α,β-unsaturated/α-hetero) is 2. The zero-order valence-electron chi connectivity index (χ0n) is 25.4. The summed E-state index contributed by atoms with van der Waals surface area (Å²) in [5.41, 5.74) is 2.32. The lowest BCUT2D eigenvalue weighted by atomic mass is 9.62. The SMILES string of the molecule is C=CCOc1cccc(C(=O)[C@@H]2[C@H](C(=O)c3ccc(OC)c(OC)c3)N3C=Cc4ccccc4[C@@H]3[C@@]23C(=O)Nc2ccccc23)c1. The van der Waals surface area contributed by atoms with Gasteiger partial charge in [0.05, 0.1) is 26.2 Å². The lowest BCUT2D eigenvalue weighted by molar-refractivity contribution is -0.122. The van der Waals surface area contributed by atoms with Gasteiger partial charge >= 0.3 is 0 Å². The van der Waals surface area contributed by atoms with Crippen LogP contribution in [-0.2, 0) is 10.2 Å². The zero-order valence-corrected chi connectivity index (χ0v) is 25.4. The minimum Gasteiger partial charge on any atom is -0.493 e. The van der Waals surface area contributed by atoms with Crippen molar-refractivity contribution in [1.82, 2.24) is 4.90 Å². The van der Waals surface area contributed by atoms with Crippen LogP contribution >= 0.6 is 0 Å². The molecule has 8 nitrogen and oxygen atoms in total. The van der Waals surface area contributed by atoms with Crippen LogP contribution in [0.25, 0.3) is 6.08 Å². The van der Waals surface area contributed by atoms with Crippen LogP contribution in [-0.4, -0.2) is 49.2 Å². The van der Waals surface area contributed by atoms with Crippen molar-refractivity contribution in [2.45, 2.75) is 17.5 Å². The van der Waals surface area contributed by atoms with Gasteiger partial charge in [0.25, 0.3) is 0 Å². The summed E-state index contributed by atoms with van der Waals surface area (Å²) in [7, 11) is 3.03. The molecule has 4 aromatic carbocycles. The first-order chi connectivity index (χ1) is 22.4. The fourth-order valence-electron chi connectivity index (χ4n) is 7.40. The van der Waals surface area contributed by atoms with E-state index in [-0.39, 0.29) is 24.1 Å². The number of amides is 1. The summed E-state index contributed by atoms with van der Waals surface area (Å²) >= 11 is 0.